The zero-order valence-electron chi connectivity index (χ0n) is 11.5. The van der Waals surface area contributed by atoms with E-state index in [0.717, 1.165) is 25.7 Å². The van der Waals surface area contributed by atoms with E-state index < -0.39 is 5.60 Å². The summed E-state index contributed by atoms with van der Waals surface area (Å²) >= 11 is 0. The molecule has 3 nitrogen and oxygen atoms in total. The highest BCUT2D eigenvalue weighted by Gasteiger charge is 2.35. The van der Waals surface area contributed by atoms with Gasteiger partial charge in [0, 0.05) is 5.54 Å². The van der Waals surface area contributed by atoms with Gasteiger partial charge in [-0.05, 0) is 39.0 Å². The van der Waals surface area contributed by atoms with E-state index in [1.165, 1.54) is 6.42 Å². The van der Waals surface area contributed by atoms with E-state index in [-0.39, 0.29) is 17.9 Å². The fraction of sp³-hybridized carbons (Fsp3) is 0.929. The third-order valence-electron chi connectivity index (χ3n) is 3.82. The molecule has 1 amide bonds. The highest BCUT2D eigenvalue weighted by molar-refractivity contribution is 5.78. The van der Waals surface area contributed by atoms with Gasteiger partial charge in [-0.25, -0.2) is 0 Å². The summed E-state index contributed by atoms with van der Waals surface area (Å²) in [7, 11) is 0. The Bertz CT molecular complexity index is 253. The van der Waals surface area contributed by atoms with Crippen molar-refractivity contribution in [2.75, 3.05) is 0 Å². The van der Waals surface area contributed by atoms with E-state index in [9.17, 15) is 9.90 Å². The number of nitrogens with one attached hydrogen (secondary N) is 1. The summed E-state index contributed by atoms with van der Waals surface area (Å²) < 4.78 is 0. The molecule has 0 atom stereocenters. The van der Waals surface area contributed by atoms with Crippen molar-refractivity contribution in [3.63, 3.8) is 0 Å². The van der Waals surface area contributed by atoms with E-state index in [1.54, 1.807) is 0 Å². The Morgan fingerprint density at radius 3 is 2.18 bits per heavy atom. The number of rotatable bonds is 7. The minimum absolute atomic E-state index is 0.00355. The van der Waals surface area contributed by atoms with E-state index in [1.807, 2.05) is 13.8 Å². The number of carbonyl (C=O) groups excluding carboxylic acids is 1. The first-order chi connectivity index (χ1) is 7.93. The molecule has 2 N–H and O–H groups in total. The van der Waals surface area contributed by atoms with Crippen molar-refractivity contribution >= 4 is 5.91 Å². The van der Waals surface area contributed by atoms with Crippen molar-refractivity contribution in [3.05, 3.63) is 0 Å². The van der Waals surface area contributed by atoms with Crippen molar-refractivity contribution in [1.82, 2.24) is 5.32 Å². The summed E-state index contributed by atoms with van der Waals surface area (Å²) in [4.78, 5) is 11.9. The van der Waals surface area contributed by atoms with E-state index in [2.05, 4.69) is 12.2 Å². The van der Waals surface area contributed by atoms with Gasteiger partial charge in [-0.1, -0.05) is 26.7 Å². The smallest absolute Gasteiger partial charge is 0.223 e. The van der Waals surface area contributed by atoms with Gasteiger partial charge < -0.3 is 10.4 Å². The normalized spacial score (nSPS) is 18.6. The van der Waals surface area contributed by atoms with E-state index in [0.29, 0.717) is 12.8 Å². The molecule has 0 saturated heterocycles. The first-order valence-electron chi connectivity index (χ1n) is 6.96. The average Bonchev–Trinajstić information content (AvgIpc) is 2.15. The van der Waals surface area contributed by atoms with Crippen molar-refractivity contribution in [2.24, 2.45) is 0 Å². The number of aliphatic hydroxyl groups is 1. The molecule has 17 heavy (non-hydrogen) atoms. The summed E-state index contributed by atoms with van der Waals surface area (Å²) in [6.07, 6.45) is 6.85. The van der Waals surface area contributed by atoms with Gasteiger partial charge in [0.2, 0.25) is 5.91 Å². The monoisotopic (exact) mass is 241 g/mol. The quantitative estimate of drug-likeness (QED) is 0.720. The van der Waals surface area contributed by atoms with Crippen molar-refractivity contribution in [3.8, 4) is 0 Å². The topological polar surface area (TPSA) is 49.3 Å². The minimum atomic E-state index is -0.798. The van der Waals surface area contributed by atoms with Crippen LogP contribution in [0.15, 0.2) is 0 Å². The second-order valence-corrected chi connectivity index (χ2v) is 5.86. The lowest BCUT2D eigenvalue weighted by atomic mass is 9.78. The van der Waals surface area contributed by atoms with Crippen LogP contribution in [0.2, 0.25) is 0 Å². The van der Waals surface area contributed by atoms with Crippen LogP contribution < -0.4 is 5.32 Å². The van der Waals surface area contributed by atoms with Crippen LogP contribution >= 0.6 is 0 Å². The second-order valence-electron chi connectivity index (χ2n) is 5.86. The maximum atomic E-state index is 11.9. The Kier molecular flexibility index (Phi) is 4.99. The van der Waals surface area contributed by atoms with E-state index in [4.69, 9.17) is 0 Å². The first-order valence-corrected chi connectivity index (χ1v) is 6.96. The Morgan fingerprint density at radius 2 is 1.82 bits per heavy atom. The lowest BCUT2D eigenvalue weighted by molar-refractivity contribution is -0.129. The van der Waals surface area contributed by atoms with Crippen molar-refractivity contribution in [1.29, 1.82) is 0 Å². The average molecular weight is 241 g/mol. The van der Waals surface area contributed by atoms with Gasteiger partial charge in [0.1, 0.15) is 0 Å². The van der Waals surface area contributed by atoms with Gasteiger partial charge in [0.05, 0.1) is 12.0 Å². The number of hydrogen-bond acceptors (Lipinski definition) is 2. The summed E-state index contributed by atoms with van der Waals surface area (Å²) in [5.41, 5.74) is -0.801. The number of carbonyl (C=O) groups is 1. The molecule has 1 aliphatic rings. The Labute approximate surface area is 105 Å². The summed E-state index contributed by atoms with van der Waals surface area (Å²) in [5.74, 6) is 0.0107. The van der Waals surface area contributed by atoms with Crippen LogP contribution in [0.25, 0.3) is 0 Å². The van der Waals surface area contributed by atoms with Crippen LogP contribution in [0.1, 0.15) is 72.1 Å². The molecular weight excluding hydrogens is 214 g/mol. The number of amides is 1. The lowest BCUT2D eigenvalue weighted by Crippen LogP contribution is -2.52. The van der Waals surface area contributed by atoms with Gasteiger partial charge in [0.15, 0.2) is 0 Å². The third-order valence-corrected chi connectivity index (χ3v) is 3.82. The molecule has 1 fully saturated rings. The van der Waals surface area contributed by atoms with Gasteiger partial charge in [-0.15, -0.1) is 0 Å². The third kappa shape index (κ3) is 4.30. The van der Waals surface area contributed by atoms with Crippen LogP contribution in [0.5, 0.6) is 0 Å². The maximum Gasteiger partial charge on any atom is 0.223 e. The molecule has 0 unspecified atom stereocenters. The highest BCUT2D eigenvalue weighted by atomic mass is 16.3. The molecule has 0 aromatic carbocycles. The fourth-order valence-corrected chi connectivity index (χ4v) is 2.74. The maximum absolute atomic E-state index is 11.9. The van der Waals surface area contributed by atoms with Gasteiger partial charge in [0.25, 0.3) is 0 Å². The summed E-state index contributed by atoms with van der Waals surface area (Å²) in [6, 6.07) is 0. The molecule has 0 aromatic heterocycles. The first kappa shape index (κ1) is 14.5. The Balaban J connectivity index is 2.45. The van der Waals surface area contributed by atoms with Gasteiger partial charge in [-0.3, -0.25) is 4.79 Å². The zero-order valence-corrected chi connectivity index (χ0v) is 11.5. The summed E-state index contributed by atoms with van der Waals surface area (Å²) in [5, 5.41) is 13.5. The molecule has 0 heterocycles. The Morgan fingerprint density at radius 1 is 1.29 bits per heavy atom. The van der Waals surface area contributed by atoms with Crippen LogP contribution in [-0.4, -0.2) is 22.2 Å². The molecule has 0 bridgehead atoms. The minimum Gasteiger partial charge on any atom is -0.389 e. The van der Waals surface area contributed by atoms with Crippen LogP contribution in [-0.2, 0) is 4.79 Å². The largest absolute Gasteiger partial charge is 0.389 e. The van der Waals surface area contributed by atoms with Crippen LogP contribution in [0.3, 0.4) is 0 Å². The molecule has 1 aliphatic carbocycles. The molecule has 1 saturated carbocycles. The fourth-order valence-electron chi connectivity index (χ4n) is 2.74. The van der Waals surface area contributed by atoms with Crippen molar-refractivity contribution < 1.29 is 9.90 Å². The Hall–Kier alpha value is -0.570. The summed E-state index contributed by atoms with van der Waals surface area (Å²) in [6.45, 7) is 6.19. The second kappa shape index (κ2) is 5.85. The molecule has 0 radical (unpaired) electrons. The molecule has 0 aromatic rings. The standard InChI is InChI=1S/C14H27NO2/c1-4-7-14(17,8-5-2)11-12(16)15-13(3)9-6-10-13/h17H,4-11H2,1-3H3,(H,15,16). The molecule has 3 heteroatoms. The molecular formula is C14H27NO2. The lowest BCUT2D eigenvalue weighted by Gasteiger charge is -2.40. The number of hydrogen-bond donors (Lipinski definition) is 2. The zero-order chi connectivity index (χ0) is 12.9. The SMILES string of the molecule is CCCC(O)(CCC)CC(=O)NC1(C)CCC1. The van der Waals surface area contributed by atoms with Crippen LogP contribution in [0, 0.1) is 0 Å². The van der Waals surface area contributed by atoms with Gasteiger partial charge in [-0.2, -0.15) is 0 Å². The van der Waals surface area contributed by atoms with E-state index >= 15 is 0 Å². The van der Waals surface area contributed by atoms with Crippen LogP contribution in [0.4, 0.5) is 0 Å². The predicted molar refractivity (Wildman–Crippen MR) is 69.8 cm³/mol. The molecule has 100 valence electrons. The highest BCUT2D eigenvalue weighted by Crippen LogP contribution is 2.32. The molecule has 0 spiro atoms. The molecule has 1 rings (SSSR count). The van der Waals surface area contributed by atoms with Gasteiger partial charge >= 0.3 is 0 Å². The predicted octanol–water partition coefficient (Wildman–Crippen LogP) is 2.77. The molecule has 0 aliphatic heterocycles. The van der Waals surface area contributed by atoms with Crippen molar-refractivity contribution in [2.45, 2.75) is 83.3 Å².